The Morgan fingerprint density at radius 2 is 2.44 bits per heavy atom. The molecule has 5 heteroatoms. The number of anilines is 1. The summed E-state index contributed by atoms with van der Waals surface area (Å²) in [4.78, 5) is 14.9. The molecule has 0 aliphatic rings. The van der Waals surface area contributed by atoms with Crippen molar-refractivity contribution in [1.29, 1.82) is 0 Å². The summed E-state index contributed by atoms with van der Waals surface area (Å²) >= 11 is 1.76. The predicted octanol–water partition coefficient (Wildman–Crippen LogP) is 2.33. The molecule has 0 aromatic carbocycles. The number of thioether (sulfide) groups is 1. The highest BCUT2D eigenvalue weighted by molar-refractivity contribution is 7.98. The van der Waals surface area contributed by atoms with Gasteiger partial charge in [-0.25, -0.2) is 9.78 Å². The van der Waals surface area contributed by atoms with E-state index in [0.717, 1.165) is 12.2 Å². The average Bonchev–Trinajstić information content (AvgIpc) is 2.29. The van der Waals surface area contributed by atoms with Crippen LogP contribution in [0.25, 0.3) is 0 Å². The second-order valence-electron chi connectivity index (χ2n) is 3.44. The van der Waals surface area contributed by atoms with Crippen molar-refractivity contribution in [3.05, 3.63) is 23.9 Å². The molecule has 0 aliphatic carbocycles. The number of pyridine rings is 1. The summed E-state index contributed by atoms with van der Waals surface area (Å²) in [6, 6.07) is 3.38. The van der Waals surface area contributed by atoms with Crippen LogP contribution in [0, 0.1) is 0 Å². The minimum Gasteiger partial charge on any atom is -0.478 e. The van der Waals surface area contributed by atoms with Crippen molar-refractivity contribution in [2.75, 3.05) is 17.3 Å². The zero-order valence-corrected chi connectivity index (χ0v) is 10.3. The summed E-state index contributed by atoms with van der Waals surface area (Å²) in [6.07, 6.45) is 4.54. The lowest BCUT2D eigenvalue weighted by molar-refractivity contribution is 0.0697. The van der Waals surface area contributed by atoms with Crippen LogP contribution in [0.4, 0.5) is 5.82 Å². The van der Waals surface area contributed by atoms with Gasteiger partial charge in [-0.05, 0) is 24.8 Å². The number of hydrogen-bond acceptors (Lipinski definition) is 4. The van der Waals surface area contributed by atoms with Gasteiger partial charge >= 0.3 is 5.97 Å². The number of hydrogen-bond donors (Lipinski definition) is 2. The molecule has 0 radical (unpaired) electrons. The molecular formula is C11H16N2O2S. The van der Waals surface area contributed by atoms with E-state index >= 15 is 0 Å². The third-order valence-electron chi connectivity index (χ3n) is 2.22. The Morgan fingerprint density at radius 3 is 3.00 bits per heavy atom. The Balaban J connectivity index is 2.72. The standard InChI is InChI=1S/C11H16N2O2S/c1-3-9(7-16-2)13-10-6-8(11(14)15)4-5-12-10/h4-6,9H,3,7H2,1-2H3,(H,12,13)(H,14,15). The first kappa shape index (κ1) is 12.8. The van der Waals surface area contributed by atoms with Crippen LogP contribution in [0.15, 0.2) is 18.3 Å². The van der Waals surface area contributed by atoms with Gasteiger partial charge < -0.3 is 10.4 Å². The second-order valence-corrected chi connectivity index (χ2v) is 4.35. The van der Waals surface area contributed by atoms with E-state index in [0.29, 0.717) is 11.9 Å². The van der Waals surface area contributed by atoms with Crippen LogP contribution in [-0.2, 0) is 0 Å². The quantitative estimate of drug-likeness (QED) is 0.799. The van der Waals surface area contributed by atoms with E-state index < -0.39 is 5.97 Å². The van der Waals surface area contributed by atoms with E-state index in [1.807, 2.05) is 6.26 Å². The molecule has 0 amide bonds. The van der Waals surface area contributed by atoms with Gasteiger partial charge in [-0.2, -0.15) is 11.8 Å². The highest BCUT2D eigenvalue weighted by atomic mass is 32.2. The van der Waals surface area contributed by atoms with Crippen LogP contribution in [0.1, 0.15) is 23.7 Å². The molecule has 0 saturated heterocycles. The zero-order valence-electron chi connectivity index (χ0n) is 9.43. The van der Waals surface area contributed by atoms with E-state index in [9.17, 15) is 4.79 Å². The molecule has 0 spiro atoms. The molecule has 1 rings (SSSR count). The van der Waals surface area contributed by atoms with Crippen molar-refractivity contribution < 1.29 is 9.90 Å². The van der Waals surface area contributed by atoms with Crippen LogP contribution < -0.4 is 5.32 Å². The van der Waals surface area contributed by atoms with Gasteiger partial charge in [-0.3, -0.25) is 0 Å². The van der Waals surface area contributed by atoms with Crippen molar-refractivity contribution in [3.8, 4) is 0 Å². The van der Waals surface area contributed by atoms with Gasteiger partial charge in [0.25, 0.3) is 0 Å². The highest BCUT2D eigenvalue weighted by Crippen LogP contribution is 2.11. The van der Waals surface area contributed by atoms with Crippen LogP contribution in [0.5, 0.6) is 0 Å². The largest absolute Gasteiger partial charge is 0.478 e. The Morgan fingerprint density at radius 1 is 1.69 bits per heavy atom. The SMILES string of the molecule is CCC(CSC)Nc1cc(C(=O)O)ccn1. The second kappa shape index (κ2) is 6.37. The van der Waals surface area contributed by atoms with Gasteiger partial charge in [-0.1, -0.05) is 6.92 Å². The molecule has 0 saturated carbocycles. The van der Waals surface area contributed by atoms with Gasteiger partial charge in [0.1, 0.15) is 5.82 Å². The number of carboxylic acids is 1. The maximum Gasteiger partial charge on any atom is 0.335 e. The lowest BCUT2D eigenvalue weighted by Crippen LogP contribution is -2.21. The normalized spacial score (nSPS) is 12.1. The van der Waals surface area contributed by atoms with Crippen LogP contribution in [-0.4, -0.2) is 34.1 Å². The molecule has 1 aromatic rings. The van der Waals surface area contributed by atoms with E-state index in [4.69, 9.17) is 5.11 Å². The minimum absolute atomic E-state index is 0.261. The minimum atomic E-state index is -0.927. The number of carbonyl (C=O) groups is 1. The molecule has 2 N–H and O–H groups in total. The number of nitrogens with zero attached hydrogens (tertiary/aromatic N) is 1. The van der Waals surface area contributed by atoms with Crippen molar-refractivity contribution in [2.24, 2.45) is 0 Å². The molecule has 16 heavy (non-hydrogen) atoms. The van der Waals surface area contributed by atoms with E-state index in [1.165, 1.54) is 12.3 Å². The number of aromatic nitrogens is 1. The fraction of sp³-hybridized carbons (Fsp3) is 0.455. The summed E-state index contributed by atoms with van der Waals surface area (Å²) < 4.78 is 0. The highest BCUT2D eigenvalue weighted by Gasteiger charge is 2.08. The maximum atomic E-state index is 10.8. The van der Waals surface area contributed by atoms with Crippen molar-refractivity contribution in [2.45, 2.75) is 19.4 Å². The van der Waals surface area contributed by atoms with Gasteiger partial charge in [-0.15, -0.1) is 0 Å². The summed E-state index contributed by atoms with van der Waals surface area (Å²) in [5.74, 6) is 0.680. The van der Waals surface area contributed by atoms with Gasteiger partial charge in [0, 0.05) is 18.0 Å². The third-order valence-corrected chi connectivity index (χ3v) is 2.96. The van der Waals surface area contributed by atoms with E-state index in [2.05, 4.69) is 17.2 Å². The third kappa shape index (κ3) is 3.73. The topological polar surface area (TPSA) is 62.2 Å². The molecule has 0 aliphatic heterocycles. The number of aromatic carboxylic acids is 1. The number of carboxylic acid groups (broad SMARTS) is 1. The first-order valence-corrected chi connectivity index (χ1v) is 6.51. The Kier molecular flexibility index (Phi) is 5.11. The zero-order chi connectivity index (χ0) is 12.0. The molecule has 1 atom stereocenters. The lowest BCUT2D eigenvalue weighted by Gasteiger charge is -2.16. The van der Waals surface area contributed by atoms with Gasteiger partial charge in [0.05, 0.1) is 5.56 Å². The van der Waals surface area contributed by atoms with Gasteiger partial charge in [0.15, 0.2) is 0 Å². The number of rotatable bonds is 6. The molecule has 1 aromatic heterocycles. The summed E-state index contributed by atoms with van der Waals surface area (Å²) in [5.41, 5.74) is 0.261. The molecule has 1 heterocycles. The summed E-state index contributed by atoms with van der Waals surface area (Å²) in [5, 5.41) is 12.1. The van der Waals surface area contributed by atoms with Crippen LogP contribution in [0.2, 0.25) is 0 Å². The fourth-order valence-corrected chi connectivity index (χ4v) is 2.04. The molecule has 4 nitrogen and oxygen atoms in total. The first-order chi connectivity index (χ1) is 7.67. The monoisotopic (exact) mass is 240 g/mol. The Labute approximate surface area is 99.5 Å². The fourth-order valence-electron chi connectivity index (χ4n) is 1.31. The summed E-state index contributed by atoms with van der Waals surface area (Å²) in [7, 11) is 0. The Bertz CT molecular complexity index is 358. The van der Waals surface area contributed by atoms with Crippen molar-refractivity contribution in [3.63, 3.8) is 0 Å². The van der Waals surface area contributed by atoms with E-state index in [-0.39, 0.29) is 5.56 Å². The van der Waals surface area contributed by atoms with Crippen LogP contribution >= 0.6 is 11.8 Å². The molecule has 88 valence electrons. The van der Waals surface area contributed by atoms with Gasteiger partial charge in [0.2, 0.25) is 0 Å². The molecule has 0 bridgehead atoms. The number of nitrogens with one attached hydrogen (secondary N) is 1. The van der Waals surface area contributed by atoms with Crippen LogP contribution in [0.3, 0.4) is 0 Å². The smallest absolute Gasteiger partial charge is 0.335 e. The first-order valence-electron chi connectivity index (χ1n) is 5.12. The maximum absolute atomic E-state index is 10.8. The van der Waals surface area contributed by atoms with Crippen molar-refractivity contribution in [1.82, 2.24) is 4.98 Å². The molecule has 0 fully saturated rings. The average molecular weight is 240 g/mol. The summed E-state index contributed by atoms with van der Waals surface area (Å²) in [6.45, 7) is 2.09. The predicted molar refractivity (Wildman–Crippen MR) is 67.3 cm³/mol. The molecule has 1 unspecified atom stereocenters. The lowest BCUT2D eigenvalue weighted by atomic mass is 10.2. The molecular weight excluding hydrogens is 224 g/mol. The Hall–Kier alpha value is -1.23. The van der Waals surface area contributed by atoms with E-state index in [1.54, 1.807) is 17.8 Å². The van der Waals surface area contributed by atoms with Crippen molar-refractivity contribution >= 4 is 23.5 Å².